The van der Waals surface area contributed by atoms with Gasteiger partial charge in [-0.05, 0) is 18.2 Å². The van der Waals surface area contributed by atoms with E-state index in [4.69, 9.17) is 0 Å². The Morgan fingerprint density at radius 2 is 1.76 bits per heavy atom. The van der Waals surface area contributed by atoms with Gasteiger partial charge in [-0.1, -0.05) is 0 Å². The van der Waals surface area contributed by atoms with Crippen LogP contribution in [0.1, 0.15) is 5.56 Å². The van der Waals surface area contributed by atoms with Crippen molar-refractivity contribution in [1.82, 2.24) is 23.8 Å². The summed E-state index contributed by atoms with van der Waals surface area (Å²) in [4.78, 5) is 14.4. The largest absolute Gasteiger partial charge is 0.354 e. The van der Waals surface area contributed by atoms with Crippen LogP contribution in [0.2, 0.25) is 0 Å². The van der Waals surface area contributed by atoms with Crippen molar-refractivity contribution in [2.45, 2.75) is 5.75 Å². The van der Waals surface area contributed by atoms with Crippen molar-refractivity contribution in [3.05, 3.63) is 66.5 Å². The van der Waals surface area contributed by atoms with Crippen LogP contribution < -0.4 is 4.90 Å². The first-order valence-corrected chi connectivity index (χ1v) is 10.5. The fraction of sp³-hybridized carbons (Fsp3) is 0.278. The highest BCUT2D eigenvalue weighted by Gasteiger charge is 2.28. The number of aromatic nitrogens is 4. The lowest BCUT2D eigenvalue weighted by atomic mass is 10.2. The minimum absolute atomic E-state index is 0.173. The molecule has 0 amide bonds. The molecule has 0 saturated carbocycles. The maximum Gasteiger partial charge on any atom is 0.218 e. The standard InChI is InChI=1S/C18H18F2N6O2S/c19-15-1-2-16(20)14(9-15)11-29(27,28)26-7-5-24(6-8-26)17-10-18(23-12-22-17)25-4-3-21-13-25/h1-4,9-10,12-13H,5-8,11H2. The van der Waals surface area contributed by atoms with Crippen LogP contribution in [0, 0.1) is 11.6 Å². The van der Waals surface area contributed by atoms with Gasteiger partial charge in [-0.2, -0.15) is 4.31 Å². The second-order valence-electron chi connectivity index (χ2n) is 6.58. The van der Waals surface area contributed by atoms with Crippen molar-refractivity contribution in [1.29, 1.82) is 0 Å². The van der Waals surface area contributed by atoms with Gasteiger partial charge in [0, 0.05) is 50.2 Å². The van der Waals surface area contributed by atoms with Crippen molar-refractivity contribution in [2.24, 2.45) is 0 Å². The van der Waals surface area contributed by atoms with Gasteiger partial charge in [-0.15, -0.1) is 0 Å². The Balaban J connectivity index is 1.44. The van der Waals surface area contributed by atoms with Gasteiger partial charge >= 0.3 is 0 Å². The quantitative estimate of drug-likeness (QED) is 0.623. The first-order valence-electron chi connectivity index (χ1n) is 8.89. The third kappa shape index (κ3) is 4.25. The molecule has 29 heavy (non-hydrogen) atoms. The summed E-state index contributed by atoms with van der Waals surface area (Å²) < 4.78 is 55.5. The maximum atomic E-state index is 13.8. The number of hydrogen-bond acceptors (Lipinski definition) is 6. The van der Waals surface area contributed by atoms with E-state index in [1.165, 1.54) is 10.6 Å². The number of benzene rings is 1. The number of sulfonamides is 1. The number of halogens is 2. The average molecular weight is 420 g/mol. The SMILES string of the molecule is O=S(=O)(Cc1cc(F)ccc1F)N1CCN(c2cc(-n3ccnc3)ncn2)CC1. The molecule has 152 valence electrons. The normalized spacial score (nSPS) is 15.6. The van der Waals surface area contributed by atoms with Crippen LogP contribution in [0.15, 0.2) is 49.3 Å². The smallest absolute Gasteiger partial charge is 0.218 e. The predicted molar refractivity (Wildman–Crippen MR) is 102 cm³/mol. The lowest BCUT2D eigenvalue weighted by Gasteiger charge is -2.34. The van der Waals surface area contributed by atoms with Crippen LogP contribution in [-0.2, 0) is 15.8 Å². The molecule has 3 aromatic rings. The molecule has 1 saturated heterocycles. The summed E-state index contributed by atoms with van der Waals surface area (Å²) >= 11 is 0. The monoisotopic (exact) mass is 420 g/mol. The Kier molecular flexibility index (Phi) is 5.24. The fourth-order valence-electron chi connectivity index (χ4n) is 3.18. The van der Waals surface area contributed by atoms with Crippen molar-refractivity contribution in [2.75, 3.05) is 31.1 Å². The van der Waals surface area contributed by atoms with Crippen LogP contribution in [0.4, 0.5) is 14.6 Å². The molecule has 1 aliphatic heterocycles. The van der Waals surface area contributed by atoms with E-state index in [2.05, 4.69) is 15.0 Å². The van der Waals surface area contributed by atoms with Crippen LogP contribution in [-0.4, -0.2) is 58.4 Å². The highest BCUT2D eigenvalue weighted by Crippen LogP contribution is 2.20. The van der Waals surface area contributed by atoms with Gasteiger partial charge in [0.2, 0.25) is 10.0 Å². The molecule has 4 rings (SSSR count). The zero-order valence-corrected chi connectivity index (χ0v) is 16.1. The molecule has 0 N–H and O–H groups in total. The molecular formula is C18H18F2N6O2S. The van der Waals surface area contributed by atoms with Gasteiger partial charge in [0.25, 0.3) is 0 Å². The van der Waals surface area contributed by atoms with Gasteiger partial charge in [0.1, 0.15) is 35.9 Å². The molecule has 1 aromatic carbocycles. The van der Waals surface area contributed by atoms with E-state index < -0.39 is 27.4 Å². The van der Waals surface area contributed by atoms with Gasteiger partial charge in [0.05, 0.1) is 5.75 Å². The van der Waals surface area contributed by atoms with Gasteiger partial charge in [0.15, 0.2) is 0 Å². The van der Waals surface area contributed by atoms with E-state index in [-0.39, 0.29) is 18.7 Å². The Labute approximate surface area is 166 Å². The summed E-state index contributed by atoms with van der Waals surface area (Å²) in [6, 6.07) is 4.62. The Morgan fingerprint density at radius 3 is 2.48 bits per heavy atom. The minimum atomic E-state index is -3.77. The maximum absolute atomic E-state index is 13.8. The number of hydrogen-bond donors (Lipinski definition) is 0. The van der Waals surface area contributed by atoms with E-state index in [0.717, 1.165) is 18.2 Å². The molecule has 0 spiro atoms. The van der Waals surface area contributed by atoms with E-state index in [1.54, 1.807) is 29.4 Å². The summed E-state index contributed by atoms with van der Waals surface area (Å²) in [5, 5.41) is 0. The molecule has 2 aromatic heterocycles. The third-order valence-electron chi connectivity index (χ3n) is 4.71. The zero-order valence-electron chi connectivity index (χ0n) is 15.3. The van der Waals surface area contributed by atoms with Gasteiger partial charge in [-0.3, -0.25) is 4.57 Å². The first-order chi connectivity index (χ1) is 13.9. The topological polar surface area (TPSA) is 84.2 Å². The molecule has 1 aliphatic rings. The number of imidazole rings is 1. The van der Waals surface area contributed by atoms with Crippen LogP contribution in [0.5, 0.6) is 0 Å². The zero-order chi connectivity index (χ0) is 20.4. The summed E-state index contributed by atoms with van der Waals surface area (Å²) in [6.07, 6.45) is 6.48. The van der Waals surface area contributed by atoms with E-state index >= 15 is 0 Å². The number of rotatable bonds is 5. The van der Waals surface area contributed by atoms with Crippen molar-refractivity contribution in [3.8, 4) is 5.82 Å². The summed E-state index contributed by atoms with van der Waals surface area (Å²) in [6.45, 7) is 1.30. The highest BCUT2D eigenvalue weighted by atomic mass is 32.2. The van der Waals surface area contributed by atoms with Crippen molar-refractivity contribution in [3.63, 3.8) is 0 Å². The number of piperazine rings is 1. The molecule has 0 bridgehead atoms. The average Bonchev–Trinajstić information content (AvgIpc) is 3.26. The summed E-state index contributed by atoms with van der Waals surface area (Å²) in [5.41, 5.74) is -0.173. The summed E-state index contributed by atoms with van der Waals surface area (Å²) in [7, 11) is -3.77. The Bertz CT molecular complexity index is 1100. The lowest BCUT2D eigenvalue weighted by molar-refractivity contribution is 0.382. The molecule has 8 nitrogen and oxygen atoms in total. The van der Waals surface area contributed by atoms with Crippen LogP contribution >= 0.6 is 0 Å². The molecule has 11 heteroatoms. The third-order valence-corrected chi connectivity index (χ3v) is 6.54. The minimum Gasteiger partial charge on any atom is -0.354 e. The molecule has 0 atom stereocenters. The fourth-order valence-corrected chi connectivity index (χ4v) is 4.70. The predicted octanol–water partition coefficient (Wildman–Crippen LogP) is 1.59. The summed E-state index contributed by atoms with van der Waals surface area (Å²) in [5.74, 6) is -0.643. The van der Waals surface area contributed by atoms with Gasteiger partial charge < -0.3 is 4.90 Å². The first kappa shape index (κ1) is 19.4. The van der Waals surface area contributed by atoms with E-state index in [0.29, 0.717) is 24.7 Å². The second kappa shape index (κ2) is 7.84. The Hall–Kier alpha value is -2.92. The molecule has 0 unspecified atom stereocenters. The Morgan fingerprint density at radius 1 is 1.00 bits per heavy atom. The molecule has 3 heterocycles. The molecular weight excluding hydrogens is 402 g/mol. The van der Waals surface area contributed by atoms with E-state index in [1.807, 2.05) is 4.90 Å². The van der Waals surface area contributed by atoms with Crippen LogP contribution in [0.3, 0.4) is 0 Å². The van der Waals surface area contributed by atoms with E-state index in [9.17, 15) is 17.2 Å². The molecule has 0 radical (unpaired) electrons. The van der Waals surface area contributed by atoms with Crippen LogP contribution in [0.25, 0.3) is 5.82 Å². The highest BCUT2D eigenvalue weighted by molar-refractivity contribution is 7.88. The number of anilines is 1. The van der Waals surface area contributed by atoms with Gasteiger partial charge in [-0.25, -0.2) is 32.2 Å². The number of nitrogens with zero attached hydrogens (tertiary/aromatic N) is 6. The second-order valence-corrected chi connectivity index (χ2v) is 8.55. The van der Waals surface area contributed by atoms with Crippen molar-refractivity contribution >= 4 is 15.8 Å². The molecule has 0 aliphatic carbocycles. The lowest BCUT2D eigenvalue weighted by Crippen LogP contribution is -2.49. The van der Waals surface area contributed by atoms with Crippen molar-refractivity contribution < 1.29 is 17.2 Å². The molecule has 1 fully saturated rings.